The lowest BCUT2D eigenvalue weighted by Crippen LogP contribution is -2.33. The van der Waals surface area contributed by atoms with Crippen molar-refractivity contribution in [2.45, 2.75) is 26.0 Å². The third kappa shape index (κ3) is 4.46. The Morgan fingerprint density at radius 3 is 2.88 bits per heavy atom. The van der Waals surface area contributed by atoms with E-state index in [1.165, 1.54) is 0 Å². The van der Waals surface area contributed by atoms with Gasteiger partial charge < -0.3 is 14.6 Å². The highest BCUT2D eigenvalue weighted by Gasteiger charge is 2.14. The maximum absolute atomic E-state index is 10.4. The first kappa shape index (κ1) is 12.7. The lowest BCUT2D eigenvalue weighted by molar-refractivity contribution is -0.139. The molecule has 0 aliphatic carbocycles. The fraction of sp³-hybridized carbons (Fsp3) is 0.545. The summed E-state index contributed by atoms with van der Waals surface area (Å²) in [5, 5.41) is 18.0. The van der Waals surface area contributed by atoms with Gasteiger partial charge in [0.1, 0.15) is 5.76 Å². The Labute approximate surface area is 94.3 Å². The van der Waals surface area contributed by atoms with Crippen LogP contribution in [-0.2, 0) is 11.3 Å². The molecule has 1 aromatic rings. The molecule has 0 fully saturated rings. The Morgan fingerprint density at radius 1 is 1.62 bits per heavy atom. The average molecular weight is 227 g/mol. The highest BCUT2D eigenvalue weighted by atomic mass is 16.4. The zero-order valence-corrected chi connectivity index (χ0v) is 9.30. The highest BCUT2D eigenvalue weighted by Crippen LogP contribution is 2.06. The highest BCUT2D eigenvalue weighted by molar-refractivity contribution is 5.67. The van der Waals surface area contributed by atoms with Gasteiger partial charge >= 0.3 is 5.97 Å². The van der Waals surface area contributed by atoms with Crippen LogP contribution in [0.2, 0.25) is 0 Å². The number of furan rings is 1. The number of rotatable bonds is 7. The van der Waals surface area contributed by atoms with E-state index in [0.29, 0.717) is 13.1 Å². The largest absolute Gasteiger partial charge is 0.481 e. The molecule has 5 nitrogen and oxygen atoms in total. The second kappa shape index (κ2) is 6.30. The summed E-state index contributed by atoms with van der Waals surface area (Å²) in [6.45, 7) is 3.61. The van der Waals surface area contributed by atoms with Crippen molar-refractivity contribution < 1.29 is 19.4 Å². The Bertz CT molecular complexity index is 310. The molecule has 0 saturated heterocycles. The van der Waals surface area contributed by atoms with Crippen molar-refractivity contribution >= 4 is 5.97 Å². The summed E-state index contributed by atoms with van der Waals surface area (Å²) in [5.41, 5.74) is 0. The minimum atomic E-state index is -0.985. The molecule has 0 spiro atoms. The first-order valence-electron chi connectivity index (χ1n) is 5.26. The maximum atomic E-state index is 10.4. The van der Waals surface area contributed by atoms with Gasteiger partial charge in [-0.2, -0.15) is 0 Å². The van der Waals surface area contributed by atoms with Crippen LogP contribution in [0.1, 0.15) is 19.1 Å². The molecule has 0 saturated carbocycles. The van der Waals surface area contributed by atoms with Crippen molar-refractivity contribution in [1.29, 1.82) is 0 Å². The molecule has 0 bridgehead atoms. The van der Waals surface area contributed by atoms with E-state index in [4.69, 9.17) is 9.52 Å². The molecule has 0 aliphatic rings. The molecule has 2 N–H and O–H groups in total. The zero-order chi connectivity index (χ0) is 12.0. The summed E-state index contributed by atoms with van der Waals surface area (Å²) in [6, 6.07) is 3.66. The smallest absolute Gasteiger partial charge is 0.306 e. The summed E-state index contributed by atoms with van der Waals surface area (Å²) >= 11 is 0. The van der Waals surface area contributed by atoms with Crippen LogP contribution in [0.15, 0.2) is 22.8 Å². The first-order valence-corrected chi connectivity index (χ1v) is 5.26. The molecule has 1 rings (SSSR count). The summed E-state index contributed by atoms with van der Waals surface area (Å²) < 4.78 is 5.19. The van der Waals surface area contributed by atoms with E-state index in [-0.39, 0.29) is 6.42 Å². The van der Waals surface area contributed by atoms with E-state index in [9.17, 15) is 9.90 Å². The average Bonchev–Trinajstić information content (AvgIpc) is 2.68. The number of carboxylic acids is 1. The van der Waals surface area contributed by atoms with E-state index in [1.54, 1.807) is 12.3 Å². The second-order valence-electron chi connectivity index (χ2n) is 3.66. The van der Waals surface area contributed by atoms with Crippen LogP contribution in [0.25, 0.3) is 0 Å². The molecule has 1 unspecified atom stereocenters. The van der Waals surface area contributed by atoms with Crippen LogP contribution in [0.5, 0.6) is 0 Å². The summed E-state index contributed by atoms with van der Waals surface area (Å²) in [5.74, 6) is -0.175. The van der Waals surface area contributed by atoms with Crippen molar-refractivity contribution in [1.82, 2.24) is 4.90 Å². The van der Waals surface area contributed by atoms with Crippen molar-refractivity contribution in [2.75, 3.05) is 13.1 Å². The molecule has 90 valence electrons. The van der Waals surface area contributed by atoms with Gasteiger partial charge in [-0.15, -0.1) is 0 Å². The Morgan fingerprint density at radius 2 is 2.38 bits per heavy atom. The minimum Gasteiger partial charge on any atom is -0.481 e. The molecule has 0 amide bonds. The zero-order valence-electron chi connectivity index (χ0n) is 9.30. The Hall–Kier alpha value is -1.33. The topological polar surface area (TPSA) is 73.9 Å². The van der Waals surface area contributed by atoms with Crippen molar-refractivity contribution in [3.8, 4) is 0 Å². The van der Waals surface area contributed by atoms with E-state index in [0.717, 1.165) is 12.3 Å². The summed E-state index contributed by atoms with van der Waals surface area (Å²) in [7, 11) is 0. The lowest BCUT2D eigenvalue weighted by atomic mass is 10.2. The molecule has 1 aromatic heterocycles. The maximum Gasteiger partial charge on any atom is 0.306 e. The van der Waals surface area contributed by atoms with Gasteiger partial charge in [0.25, 0.3) is 0 Å². The van der Waals surface area contributed by atoms with Crippen molar-refractivity contribution in [3.63, 3.8) is 0 Å². The first-order chi connectivity index (χ1) is 7.61. The van der Waals surface area contributed by atoms with Crippen LogP contribution >= 0.6 is 0 Å². The van der Waals surface area contributed by atoms with Gasteiger partial charge in [-0.05, 0) is 18.7 Å². The van der Waals surface area contributed by atoms with Gasteiger partial charge in [0.05, 0.1) is 25.3 Å². The fourth-order valence-electron chi connectivity index (χ4n) is 1.49. The van der Waals surface area contributed by atoms with Crippen LogP contribution < -0.4 is 0 Å². The van der Waals surface area contributed by atoms with Crippen LogP contribution in [0.4, 0.5) is 0 Å². The van der Waals surface area contributed by atoms with Gasteiger partial charge in [-0.3, -0.25) is 9.69 Å². The van der Waals surface area contributed by atoms with Crippen LogP contribution in [0.3, 0.4) is 0 Å². The SMILES string of the molecule is CCN(Cc1ccco1)CC(O)CC(=O)O. The molecule has 0 radical (unpaired) electrons. The monoisotopic (exact) mass is 227 g/mol. The predicted octanol–water partition coefficient (Wildman–Crippen LogP) is 0.937. The standard InChI is InChI=1S/C11H17NO4/c1-2-12(7-9(13)6-11(14)15)8-10-4-3-5-16-10/h3-5,9,13H,2,6-8H2,1H3,(H,14,15). The number of carbonyl (C=O) groups is 1. The number of likely N-dealkylation sites (N-methyl/N-ethyl adjacent to an activating group) is 1. The molecule has 0 aromatic carbocycles. The number of hydrogen-bond donors (Lipinski definition) is 2. The normalized spacial score (nSPS) is 12.9. The van der Waals surface area contributed by atoms with E-state index in [1.807, 2.05) is 17.9 Å². The summed E-state index contributed by atoms with van der Waals surface area (Å²) in [4.78, 5) is 12.3. The van der Waals surface area contributed by atoms with Gasteiger partial charge in [-0.25, -0.2) is 0 Å². The lowest BCUT2D eigenvalue weighted by Gasteiger charge is -2.21. The third-order valence-electron chi connectivity index (χ3n) is 2.29. The number of aliphatic hydroxyl groups is 1. The molecular weight excluding hydrogens is 210 g/mol. The molecule has 5 heteroatoms. The number of hydrogen-bond acceptors (Lipinski definition) is 4. The number of nitrogens with zero attached hydrogens (tertiary/aromatic N) is 1. The van der Waals surface area contributed by atoms with E-state index >= 15 is 0 Å². The van der Waals surface area contributed by atoms with E-state index in [2.05, 4.69) is 0 Å². The quantitative estimate of drug-likeness (QED) is 0.725. The predicted molar refractivity (Wildman–Crippen MR) is 57.9 cm³/mol. The molecular formula is C11H17NO4. The van der Waals surface area contributed by atoms with Gasteiger partial charge in [-0.1, -0.05) is 6.92 Å². The number of aliphatic carboxylic acids is 1. The minimum absolute atomic E-state index is 0.228. The Balaban J connectivity index is 2.39. The molecule has 1 heterocycles. The fourth-order valence-corrected chi connectivity index (χ4v) is 1.49. The molecule has 1 atom stereocenters. The van der Waals surface area contributed by atoms with Crippen molar-refractivity contribution in [3.05, 3.63) is 24.2 Å². The Kier molecular flexibility index (Phi) is 5.01. The third-order valence-corrected chi connectivity index (χ3v) is 2.29. The van der Waals surface area contributed by atoms with Gasteiger partial charge in [0, 0.05) is 6.54 Å². The summed E-state index contributed by atoms with van der Waals surface area (Å²) in [6.07, 6.45) is 0.526. The van der Waals surface area contributed by atoms with Crippen molar-refractivity contribution in [2.24, 2.45) is 0 Å². The van der Waals surface area contributed by atoms with Gasteiger partial charge in [0.2, 0.25) is 0 Å². The molecule has 0 aliphatic heterocycles. The van der Waals surface area contributed by atoms with E-state index < -0.39 is 12.1 Å². The van der Waals surface area contributed by atoms with Crippen LogP contribution in [-0.4, -0.2) is 40.3 Å². The number of carboxylic acid groups (broad SMARTS) is 1. The molecule has 16 heavy (non-hydrogen) atoms. The number of aliphatic hydroxyl groups excluding tert-OH is 1. The van der Waals surface area contributed by atoms with Gasteiger partial charge in [0.15, 0.2) is 0 Å². The second-order valence-corrected chi connectivity index (χ2v) is 3.66. The van der Waals surface area contributed by atoms with Crippen LogP contribution in [0, 0.1) is 0 Å².